The average molecular weight is 589 g/mol. The highest BCUT2D eigenvalue weighted by atomic mass is 32.1. The number of aryl methyl sites for hydroxylation is 1. The summed E-state index contributed by atoms with van der Waals surface area (Å²) in [5.41, 5.74) is 9.82. The average Bonchev–Trinajstić information content (AvgIpc) is 3.70. The van der Waals surface area contributed by atoms with Gasteiger partial charge in [0.1, 0.15) is 5.01 Å². The van der Waals surface area contributed by atoms with Gasteiger partial charge in [-0.25, -0.2) is 9.67 Å². The predicted octanol–water partition coefficient (Wildman–Crippen LogP) is 9.44. The first-order chi connectivity index (χ1) is 21.6. The summed E-state index contributed by atoms with van der Waals surface area (Å²) in [5.74, 6) is -0.217. The summed E-state index contributed by atoms with van der Waals surface area (Å²) in [6.07, 6.45) is 5.32. The van der Waals surface area contributed by atoms with Crippen LogP contribution in [0.1, 0.15) is 11.1 Å². The van der Waals surface area contributed by atoms with Gasteiger partial charge in [-0.1, -0.05) is 78.9 Å². The third-order valence-corrected chi connectivity index (χ3v) is 8.45. The van der Waals surface area contributed by atoms with Crippen molar-refractivity contribution in [2.75, 3.05) is 5.32 Å². The number of thiazole rings is 1. The first kappa shape index (κ1) is 27.3. The highest BCUT2D eigenvalue weighted by Gasteiger charge is 2.12. The Hall–Kier alpha value is -5.59. The highest BCUT2D eigenvalue weighted by molar-refractivity contribution is 7.21. The number of benzene rings is 5. The fraction of sp³-hybridized carbons (Fsp3) is 0.0263. The van der Waals surface area contributed by atoms with E-state index in [9.17, 15) is 4.79 Å². The van der Waals surface area contributed by atoms with Gasteiger partial charge in [-0.3, -0.25) is 4.79 Å². The molecule has 0 aliphatic heterocycles. The zero-order chi connectivity index (χ0) is 29.9. The standard InChI is InChI=1S/C38H28N4OS/c1-26-12-22-34-35(24-26)44-38(40-34)30-17-20-32(21-18-30)39-36(43)23-19-31-25-42(33-10-6-3-7-11-33)41-37(31)29-15-13-28(14-16-29)27-8-4-2-5-9-27/h2-25H,1H3,(H,39,43)/b23-19+. The molecular formula is C38H28N4OS. The van der Waals surface area contributed by atoms with E-state index in [2.05, 4.69) is 66.8 Å². The van der Waals surface area contributed by atoms with Crippen molar-refractivity contribution < 1.29 is 4.79 Å². The van der Waals surface area contributed by atoms with Gasteiger partial charge in [0.05, 0.1) is 21.6 Å². The molecule has 1 amide bonds. The zero-order valence-corrected chi connectivity index (χ0v) is 24.8. The number of para-hydroxylation sites is 1. The van der Waals surface area contributed by atoms with E-state index in [4.69, 9.17) is 10.1 Å². The zero-order valence-electron chi connectivity index (χ0n) is 24.0. The van der Waals surface area contributed by atoms with Crippen molar-refractivity contribution in [1.29, 1.82) is 0 Å². The van der Waals surface area contributed by atoms with E-state index in [1.807, 2.05) is 89.8 Å². The molecule has 2 heterocycles. The summed E-state index contributed by atoms with van der Waals surface area (Å²) in [5, 5.41) is 8.84. The van der Waals surface area contributed by atoms with E-state index in [1.54, 1.807) is 17.4 Å². The summed E-state index contributed by atoms with van der Waals surface area (Å²) in [4.78, 5) is 17.7. The molecule has 0 aliphatic rings. The molecule has 0 bridgehead atoms. The van der Waals surface area contributed by atoms with Crippen LogP contribution in [-0.2, 0) is 4.79 Å². The van der Waals surface area contributed by atoms with Crippen molar-refractivity contribution in [2.24, 2.45) is 0 Å². The summed E-state index contributed by atoms with van der Waals surface area (Å²) in [7, 11) is 0. The number of amides is 1. The van der Waals surface area contributed by atoms with Gasteiger partial charge < -0.3 is 5.32 Å². The molecule has 7 rings (SSSR count). The van der Waals surface area contributed by atoms with Gasteiger partial charge in [0.2, 0.25) is 5.91 Å². The van der Waals surface area contributed by atoms with Crippen LogP contribution in [0.5, 0.6) is 0 Å². The van der Waals surface area contributed by atoms with Crippen LogP contribution in [0.25, 0.3) is 54.9 Å². The Morgan fingerprint density at radius 3 is 2.16 bits per heavy atom. The van der Waals surface area contributed by atoms with Crippen LogP contribution in [-0.4, -0.2) is 20.7 Å². The van der Waals surface area contributed by atoms with E-state index in [1.165, 1.54) is 10.3 Å². The van der Waals surface area contributed by atoms with Gasteiger partial charge in [-0.2, -0.15) is 5.10 Å². The number of aromatic nitrogens is 3. The van der Waals surface area contributed by atoms with Crippen molar-refractivity contribution >= 4 is 39.2 Å². The summed E-state index contributed by atoms with van der Waals surface area (Å²) in [6, 6.07) is 42.7. The summed E-state index contributed by atoms with van der Waals surface area (Å²) >= 11 is 1.67. The van der Waals surface area contributed by atoms with Crippen molar-refractivity contribution in [3.05, 3.63) is 151 Å². The summed E-state index contributed by atoms with van der Waals surface area (Å²) in [6.45, 7) is 2.09. The molecule has 0 aliphatic carbocycles. The highest BCUT2D eigenvalue weighted by Crippen LogP contribution is 2.32. The summed E-state index contributed by atoms with van der Waals surface area (Å²) < 4.78 is 3.02. The quantitative estimate of drug-likeness (QED) is 0.189. The third kappa shape index (κ3) is 5.84. The Bertz CT molecular complexity index is 2090. The van der Waals surface area contributed by atoms with E-state index in [-0.39, 0.29) is 5.91 Å². The second kappa shape index (κ2) is 12.0. The van der Waals surface area contributed by atoms with Crippen molar-refractivity contribution in [1.82, 2.24) is 14.8 Å². The molecular weight excluding hydrogens is 561 g/mol. The predicted molar refractivity (Wildman–Crippen MR) is 182 cm³/mol. The molecule has 0 radical (unpaired) electrons. The van der Waals surface area contributed by atoms with E-state index in [0.717, 1.165) is 55.4 Å². The maximum Gasteiger partial charge on any atom is 0.248 e. The van der Waals surface area contributed by atoms with Gasteiger partial charge in [0.15, 0.2) is 0 Å². The van der Waals surface area contributed by atoms with Crippen LogP contribution < -0.4 is 5.32 Å². The number of carbonyl (C=O) groups excluding carboxylic acids is 1. The Balaban J connectivity index is 1.11. The molecule has 5 aromatic carbocycles. The Labute approximate surface area is 259 Å². The van der Waals surface area contributed by atoms with Crippen LogP contribution in [0.15, 0.2) is 140 Å². The maximum absolute atomic E-state index is 13.0. The molecule has 5 nitrogen and oxygen atoms in total. The molecule has 0 unspecified atom stereocenters. The normalized spacial score (nSPS) is 11.3. The van der Waals surface area contributed by atoms with Crippen LogP contribution in [0, 0.1) is 6.92 Å². The molecule has 6 heteroatoms. The lowest BCUT2D eigenvalue weighted by Gasteiger charge is -2.04. The van der Waals surface area contributed by atoms with Gasteiger partial charge in [0, 0.05) is 34.7 Å². The van der Waals surface area contributed by atoms with Crippen LogP contribution in [0.3, 0.4) is 0 Å². The van der Waals surface area contributed by atoms with E-state index >= 15 is 0 Å². The molecule has 0 spiro atoms. The van der Waals surface area contributed by atoms with E-state index < -0.39 is 0 Å². The second-order valence-corrected chi connectivity index (χ2v) is 11.6. The largest absolute Gasteiger partial charge is 0.323 e. The molecule has 2 aromatic heterocycles. The fourth-order valence-electron chi connectivity index (χ4n) is 5.10. The number of carbonyl (C=O) groups is 1. The number of hydrogen-bond acceptors (Lipinski definition) is 4. The monoisotopic (exact) mass is 588 g/mol. The van der Waals surface area contributed by atoms with Gasteiger partial charge in [-0.05, 0) is 78.2 Å². The van der Waals surface area contributed by atoms with Crippen molar-refractivity contribution in [3.63, 3.8) is 0 Å². The van der Waals surface area contributed by atoms with Crippen molar-refractivity contribution in [3.8, 4) is 38.6 Å². The van der Waals surface area contributed by atoms with E-state index in [0.29, 0.717) is 0 Å². The Morgan fingerprint density at radius 1 is 0.750 bits per heavy atom. The smallest absolute Gasteiger partial charge is 0.248 e. The third-order valence-electron chi connectivity index (χ3n) is 7.39. The topological polar surface area (TPSA) is 59.8 Å². The second-order valence-electron chi connectivity index (χ2n) is 10.5. The number of anilines is 1. The molecule has 1 N–H and O–H groups in total. The molecule has 212 valence electrons. The minimum atomic E-state index is -0.217. The molecule has 7 aromatic rings. The molecule has 0 saturated heterocycles. The lowest BCUT2D eigenvalue weighted by Crippen LogP contribution is -2.07. The minimum absolute atomic E-state index is 0.217. The van der Waals surface area contributed by atoms with Gasteiger partial charge in [0.25, 0.3) is 0 Å². The Morgan fingerprint density at radius 2 is 1.41 bits per heavy atom. The van der Waals surface area contributed by atoms with Crippen LogP contribution in [0.4, 0.5) is 5.69 Å². The number of fused-ring (bicyclic) bond motifs is 1. The fourth-order valence-corrected chi connectivity index (χ4v) is 6.17. The van der Waals surface area contributed by atoms with Crippen molar-refractivity contribution in [2.45, 2.75) is 6.92 Å². The number of nitrogens with zero attached hydrogens (tertiary/aromatic N) is 3. The van der Waals surface area contributed by atoms with Crippen LogP contribution >= 0.6 is 11.3 Å². The molecule has 44 heavy (non-hydrogen) atoms. The minimum Gasteiger partial charge on any atom is -0.323 e. The first-order valence-corrected chi connectivity index (χ1v) is 15.2. The van der Waals surface area contributed by atoms with Gasteiger partial charge in [-0.15, -0.1) is 11.3 Å². The first-order valence-electron chi connectivity index (χ1n) is 14.4. The number of rotatable bonds is 7. The number of nitrogens with one attached hydrogen (secondary N) is 1. The lowest BCUT2D eigenvalue weighted by molar-refractivity contribution is -0.111. The van der Waals surface area contributed by atoms with Gasteiger partial charge >= 0.3 is 0 Å². The number of hydrogen-bond donors (Lipinski definition) is 1. The maximum atomic E-state index is 13.0. The van der Waals surface area contributed by atoms with Crippen LogP contribution in [0.2, 0.25) is 0 Å². The SMILES string of the molecule is Cc1ccc2nc(-c3ccc(NC(=O)/C=C/c4cn(-c5ccccc5)nc4-c4ccc(-c5ccccc5)cc4)cc3)sc2c1. The lowest BCUT2D eigenvalue weighted by atomic mass is 10.0. The molecule has 0 atom stereocenters. The Kier molecular flexibility index (Phi) is 7.41. The molecule has 0 saturated carbocycles. The molecule has 0 fully saturated rings.